The van der Waals surface area contributed by atoms with Crippen LogP contribution in [0.3, 0.4) is 0 Å². The molecule has 0 saturated heterocycles. The van der Waals surface area contributed by atoms with Crippen molar-refractivity contribution in [3.8, 4) is 0 Å². The molecule has 0 bridgehead atoms. The van der Waals surface area contributed by atoms with Crippen molar-refractivity contribution in [1.29, 1.82) is 0 Å². The molecule has 0 aliphatic rings. The van der Waals surface area contributed by atoms with Crippen molar-refractivity contribution in [2.45, 2.75) is 13.8 Å². The zero-order valence-corrected chi connectivity index (χ0v) is 7.77. The first-order valence-corrected chi connectivity index (χ1v) is 4.46. The normalized spacial score (nSPS) is 11.6. The summed E-state index contributed by atoms with van der Waals surface area (Å²) in [7, 11) is 0. The highest BCUT2D eigenvalue weighted by atomic mass is 32.1. The van der Waals surface area contributed by atoms with Gasteiger partial charge < -0.3 is 4.90 Å². The summed E-state index contributed by atoms with van der Waals surface area (Å²) >= 11 is 4.08. The molecule has 0 spiro atoms. The summed E-state index contributed by atoms with van der Waals surface area (Å²) in [6, 6.07) is 0. The van der Waals surface area contributed by atoms with Crippen LogP contribution in [0, 0.1) is 0 Å². The summed E-state index contributed by atoms with van der Waals surface area (Å²) in [5.41, 5.74) is 0. The average Bonchev–Trinajstić information content (AvgIpc) is 1.99. The zero-order valence-electron chi connectivity index (χ0n) is 6.88. The average molecular weight is 159 g/mol. The number of likely N-dealkylation sites (N-methyl/N-ethyl adjacent to an activating group) is 1. The maximum atomic E-state index is 4.08. The SMILES string of the molecule is CCN(CC)CC=CCS. The minimum Gasteiger partial charge on any atom is -0.300 e. The van der Waals surface area contributed by atoms with Gasteiger partial charge in [0.25, 0.3) is 0 Å². The van der Waals surface area contributed by atoms with Crippen LogP contribution in [0.25, 0.3) is 0 Å². The smallest absolute Gasteiger partial charge is 0.0163 e. The molecule has 0 aromatic rings. The molecule has 0 heterocycles. The molecule has 0 aliphatic carbocycles. The number of hydrogen-bond acceptors (Lipinski definition) is 2. The summed E-state index contributed by atoms with van der Waals surface area (Å²) in [6.45, 7) is 7.68. The third-order valence-corrected chi connectivity index (χ3v) is 1.74. The van der Waals surface area contributed by atoms with Gasteiger partial charge in [0, 0.05) is 12.3 Å². The maximum absolute atomic E-state index is 4.08. The molecule has 10 heavy (non-hydrogen) atoms. The summed E-state index contributed by atoms with van der Waals surface area (Å²) in [6.07, 6.45) is 4.25. The molecular formula is C8H17NS. The minimum absolute atomic E-state index is 0.848. The van der Waals surface area contributed by atoms with Crippen molar-refractivity contribution < 1.29 is 0 Å². The lowest BCUT2D eigenvalue weighted by Crippen LogP contribution is -2.22. The van der Waals surface area contributed by atoms with E-state index in [0.29, 0.717) is 0 Å². The molecule has 0 aliphatic heterocycles. The van der Waals surface area contributed by atoms with Crippen LogP contribution in [0.2, 0.25) is 0 Å². The van der Waals surface area contributed by atoms with E-state index in [1.807, 2.05) is 0 Å². The van der Waals surface area contributed by atoms with E-state index >= 15 is 0 Å². The third kappa shape index (κ3) is 4.89. The van der Waals surface area contributed by atoms with Crippen molar-refractivity contribution in [1.82, 2.24) is 4.90 Å². The molecule has 0 saturated carbocycles. The van der Waals surface area contributed by atoms with Crippen LogP contribution in [-0.4, -0.2) is 30.3 Å². The van der Waals surface area contributed by atoms with E-state index in [-0.39, 0.29) is 0 Å². The van der Waals surface area contributed by atoms with Crippen LogP contribution >= 0.6 is 12.6 Å². The van der Waals surface area contributed by atoms with Gasteiger partial charge in [-0.15, -0.1) is 0 Å². The van der Waals surface area contributed by atoms with Gasteiger partial charge >= 0.3 is 0 Å². The first-order chi connectivity index (χ1) is 4.85. The fraction of sp³-hybridized carbons (Fsp3) is 0.750. The molecular weight excluding hydrogens is 142 g/mol. The molecule has 0 unspecified atom stereocenters. The first-order valence-electron chi connectivity index (χ1n) is 3.83. The van der Waals surface area contributed by atoms with Crippen LogP contribution in [0.5, 0.6) is 0 Å². The van der Waals surface area contributed by atoms with Gasteiger partial charge in [-0.2, -0.15) is 12.6 Å². The number of hydrogen-bond donors (Lipinski definition) is 1. The Labute approximate surface area is 69.5 Å². The minimum atomic E-state index is 0.848. The second kappa shape index (κ2) is 7.16. The predicted molar refractivity (Wildman–Crippen MR) is 50.8 cm³/mol. The molecule has 0 rings (SSSR count). The summed E-state index contributed by atoms with van der Waals surface area (Å²) < 4.78 is 0. The van der Waals surface area contributed by atoms with Crippen molar-refractivity contribution in [3.05, 3.63) is 12.2 Å². The van der Waals surface area contributed by atoms with Gasteiger partial charge in [-0.25, -0.2) is 0 Å². The lowest BCUT2D eigenvalue weighted by molar-refractivity contribution is 0.337. The number of thiol groups is 1. The summed E-state index contributed by atoms with van der Waals surface area (Å²) in [4.78, 5) is 2.36. The van der Waals surface area contributed by atoms with Crippen LogP contribution in [0.1, 0.15) is 13.8 Å². The van der Waals surface area contributed by atoms with Gasteiger partial charge in [-0.05, 0) is 13.1 Å². The first kappa shape index (κ1) is 10.0. The Morgan fingerprint density at radius 1 is 1.20 bits per heavy atom. The molecule has 0 fully saturated rings. The van der Waals surface area contributed by atoms with Gasteiger partial charge in [0.15, 0.2) is 0 Å². The van der Waals surface area contributed by atoms with Gasteiger partial charge in [0.1, 0.15) is 0 Å². The summed E-state index contributed by atoms with van der Waals surface area (Å²) in [5.74, 6) is 0.848. The Morgan fingerprint density at radius 3 is 2.20 bits per heavy atom. The Kier molecular flexibility index (Phi) is 7.20. The molecule has 1 nitrogen and oxygen atoms in total. The number of nitrogens with zero attached hydrogens (tertiary/aromatic N) is 1. The highest BCUT2D eigenvalue weighted by Crippen LogP contribution is 1.87. The monoisotopic (exact) mass is 159 g/mol. The van der Waals surface area contributed by atoms with E-state index in [9.17, 15) is 0 Å². The fourth-order valence-corrected chi connectivity index (χ4v) is 0.929. The van der Waals surface area contributed by atoms with Gasteiger partial charge in [0.05, 0.1) is 0 Å². The predicted octanol–water partition coefficient (Wildman–Crippen LogP) is 1.81. The van der Waals surface area contributed by atoms with Gasteiger partial charge in [-0.3, -0.25) is 0 Å². The van der Waals surface area contributed by atoms with Crippen molar-refractivity contribution in [3.63, 3.8) is 0 Å². The second-order valence-electron chi connectivity index (χ2n) is 2.14. The Hall–Kier alpha value is 0.0500. The highest BCUT2D eigenvalue weighted by Gasteiger charge is 1.92. The molecule has 0 N–H and O–H groups in total. The second-order valence-corrected chi connectivity index (χ2v) is 2.50. The Morgan fingerprint density at radius 2 is 1.80 bits per heavy atom. The quantitative estimate of drug-likeness (QED) is 0.473. The van der Waals surface area contributed by atoms with Crippen molar-refractivity contribution in [2.24, 2.45) is 0 Å². The van der Waals surface area contributed by atoms with E-state index in [1.165, 1.54) is 0 Å². The van der Waals surface area contributed by atoms with Gasteiger partial charge in [-0.1, -0.05) is 26.0 Å². The molecule has 2 heteroatoms. The lowest BCUT2D eigenvalue weighted by Gasteiger charge is -2.14. The molecule has 0 radical (unpaired) electrons. The van der Waals surface area contributed by atoms with Crippen LogP contribution < -0.4 is 0 Å². The fourth-order valence-electron chi connectivity index (χ4n) is 0.780. The number of rotatable bonds is 5. The molecule has 0 aromatic heterocycles. The molecule has 60 valence electrons. The highest BCUT2D eigenvalue weighted by molar-refractivity contribution is 7.80. The molecule has 0 atom stereocenters. The topological polar surface area (TPSA) is 3.24 Å². The summed E-state index contributed by atoms with van der Waals surface area (Å²) in [5, 5.41) is 0. The van der Waals surface area contributed by atoms with E-state index in [4.69, 9.17) is 0 Å². The molecule has 0 aromatic carbocycles. The van der Waals surface area contributed by atoms with Crippen LogP contribution in [-0.2, 0) is 0 Å². The van der Waals surface area contributed by atoms with Crippen LogP contribution in [0.15, 0.2) is 12.2 Å². The van der Waals surface area contributed by atoms with E-state index in [0.717, 1.165) is 25.4 Å². The van der Waals surface area contributed by atoms with Crippen molar-refractivity contribution >= 4 is 12.6 Å². The van der Waals surface area contributed by atoms with Crippen LogP contribution in [0.4, 0.5) is 0 Å². The van der Waals surface area contributed by atoms with E-state index < -0.39 is 0 Å². The maximum Gasteiger partial charge on any atom is 0.0163 e. The van der Waals surface area contributed by atoms with Gasteiger partial charge in [0.2, 0.25) is 0 Å². The van der Waals surface area contributed by atoms with E-state index in [2.05, 4.69) is 43.5 Å². The standard InChI is InChI=1S/C8H17NS/c1-3-9(4-2)7-5-6-8-10/h5-6,10H,3-4,7-8H2,1-2H3. The third-order valence-electron chi connectivity index (χ3n) is 1.53. The van der Waals surface area contributed by atoms with E-state index in [1.54, 1.807) is 0 Å². The lowest BCUT2D eigenvalue weighted by atomic mass is 10.4. The largest absolute Gasteiger partial charge is 0.300 e. The van der Waals surface area contributed by atoms with Crippen molar-refractivity contribution in [2.75, 3.05) is 25.4 Å². The Bertz CT molecular complexity index is 87.3. The molecule has 0 amide bonds. The Balaban J connectivity index is 3.34. The zero-order chi connectivity index (χ0) is 7.82.